The largest absolute Gasteiger partial charge is 0.371 e. The van der Waals surface area contributed by atoms with Crippen molar-refractivity contribution in [1.29, 1.82) is 0 Å². The van der Waals surface area contributed by atoms with Gasteiger partial charge >= 0.3 is 0 Å². The van der Waals surface area contributed by atoms with Gasteiger partial charge in [-0.2, -0.15) is 0 Å². The molecule has 3 heteroatoms. The van der Waals surface area contributed by atoms with Crippen molar-refractivity contribution in [3.8, 4) is 0 Å². The molecule has 0 radical (unpaired) electrons. The Hall–Kier alpha value is -1.87. The highest BCUT2D eigenvalue weighted by molar-refractivity contribution is 7.12. The Morgan fingerprint density at radius 1 is 1.00 bits per heavy atom. The van der Waals surface area contributed by atoms with Crippen molar-refractivity contribution < 1.29 is 4.79 Å². The summed E-state index contributed by atoms with van der Waals surface area (Å²) >= 11 is 1.50. The Morgan fingerprint density at radius 3 is 2.43 bits per heavy atom. The van der Waals surface area contributed by atoms with Crippen LogP contribution in [0.1, 0.15) is 34.5 Å². The number of carbonyl (C=O) groups excluding carboxylic acids is 1. The molecule has 2 nitrogen and oxygen atoms in total. The molecule has 3 rings (SSSR count). The van der Waals surface area contributed by atoms with Crippen LogP contribution in [0.4, 0.5) is 0 Å². The van der Waals surface area contributed by atoms with Gasteiger partial charge in [0.1, 0.15) is 0 Å². The van der Waals surface area contributed by atoms with E-state index in [-0.39, 0.29) is 5.78 Å². The zero-order chi connectivity index (χ0) is 14.5. The Balaban J connectivity index is 1.93. The maximum atomic E-state index is 12.4. The highest BCUT2D eigenvalue weighted by Gasteiger charge is 2.17. The van der Waals surface area contributed by atoms with E-state index in [0.717, 1.165) is 29.2 Å². The van der Waals surface area contributed by atoms with Gasteiger partial charge in [0.15, 0.2) is 5.78 Å². The van der Waals surface area contributed by atoms with Gasteiger partial charge in [-0.15, -0.1) is 11.3 Å². The molecule has 0 N–H and O–H groups in total. The van der Waals surface area contributed by atoms with Gasteiger partial charge in [-0.1, -0.05) is 36.4 Å². The predicted molar refractivity (Wildman–Crippen MR) is 88.5 cm³/mol. The van der Waals surface area contributed by atoms with E-state index in [9.17, 15) is 4.79 Å². The van der Waals surface area contributed by atoms with Gasteiger partial charge in [0, 0.05) is 24.9 Å². The monoisotopic (exact) mass is 297 g/mol. The van der Waals surface area contributed by atoms with E-state index in [4.69, 9.17) is 0 Å². The third-order valence-electron chi connectivity index (χ3n) is 3.80. The number of allylic oxidation sites excluding steroid dienone is 1. The highest BCUT2D eigenvalue weighted by Crippen LogP contribution is 2.24. The molecule has 1 aliphatic heterocycles. The van der Waals surface area contributed by atoms with Crippen LogP contribution in [0.3, 0.4) is 0 Å². The van der Waals surface area contributed by atoms with E-state index < -0.39 is 0 Å². The molecule has 2 aromatic rings. The van der Waals surface area contributed by atoms with Crippen molar-refractivity contribution in [2.45, 2.75) is 19.3 Å². The molecule has 0 amide bonds. The van der Waals surface area contributed by atoms with Crippen molar-refractivity contribution in [2.24, 2.45) is 0 Å². The first-order valence-electron chi connectivity index (χ1n) is 7.44. The maximum Gasteiger partial charge on any atom is 0.197 e. The summed E-state index contributed by atoms with van der Waals surface area (Å²) in [5.74, 6) is 0.106. The molecule has 1 saturated heterocycles. The standard InChI is InChI=1S/C18H19NOS/c20-17(18-10-7-13-21-18)14-16(15-8-3-1-4-9-15)19-11-5-2-6-12-19/h1,3-4,7-10,13-14H,2,5-6,11-12H2/b16-14-. The normalized spacial score (nSPS) is 16.0. The van der Waals surface area contributed by atoms with Crippen molar-refractivity contribution in [3.63, 3.8) is 0 Å². The van der Waals surface area contributed by atoms with Gasteiger partial charge in [-0.05, 0) is 36.3 Å². The zero-order valence-electron chi connectivity index (χ0n) is 12.0. The fraction of sp³-hybridized carbons (Fsp3) is 0.278. The molecule has 108 valence electrons. The van der Waals surface area contributed by atoms with Gasteiger partial charge in [0.05, 0.1) is 4.88 Å². The first kappa shape index (κ1) is 14.1. The quantitative estimate of drug-likeness (QED) is 0.613. The lowest BCUT2D eigenvalue weighted by Crippen LogP contribution is -2.28. The van der Waals surface area contributed by atoms with E-state index in [1.807, 2.05) is 41.8 Å². The second kappa shape index (κ2) is 6.72. The first-order chi connectivity index (χ1) is 10.3. The summed E-state index contributed by atoms with van der Waals surface area (Å²) in [7, 11) is 0. The van der Waals surface area contributed by atoms with Crippen molar-refractivity contribution in [2.75, 3.05) is 13.1 Å². The number of hydrogen-bond acceptors (Lipinski definition) is 3. The third kappa shape index (κ3) is 3.42. The average molecular weight is 297 g/mol. The highest BCUT2D eigenvalue weighted by atomic mass is 32.1. The fourth-order valence-corrected chi connectivity index (χ4v) is 3.35. The van der Waals surface area contributed by atoms with E-state index in [1.54, 1.807) is 0 Å². The van der Waals surface area contributed by atoms with E-state index in [0.29, 0.717) is 0 Å². The lowest BCUT2D eigenvalue weighted by Gasteiger charge is -2.31. The molecule has 0 bridgehead atoms. The van der Waals surface area contributed by atoms with E-state index in [1.165, 1.54) is 30.6 Å². The summed E-state index contributed by atoms with van der Waals surface area (Å²) in [6.45, 7) is 2.08. The zero-order valence-corrected chi connectivity index (χ0v) is 12.8. The summed E-state index contributed by atoms with van der Waals surface area (Å²) in [4.78, 5) is 15.6. The molecule has 1 aromatic heterocycles. The number of carbonyl (C=O) groups is 1. The molecular formula is C18H19NOS. The topological polar surface area (TPSA) is 20.3 Å². The Morgan fingerprint density at radius 2 is 1.76 bits per heavy atom. The number of ketones is 1. The molecule has 1 fully saturated rings. The van der Waals surface area contributed by atoms with Crippen LogP contribution in [0.5, 0.6) is 0 Å². The summed E-state index contributed by atoms with van der Waals surface area (Å²) in [6.07, 6.45) is 5.51. The molecule has 2 heterocycles. The number of thiophene rings is 1. The van der Waals surface area contributed by atoms with Crippen molar-refractivity contribution >= 4 is 22.8 Å². The molecule has 1 aliphatic rings. The molecule has 21 heavy (non-hydrogen) atoms. The minimum Gasteiger partial charge on any atom is -0.371 e. The molecule has 0 aliphatic carbocycles. The average Bonchev–Trinajstić information content (AvgIpc) is 3.09. The fourth-order valence-electron chi connectivity index (χ4n) is 2.71. The Kier molecular flexibility index (Phi) is 4.51. The van der Waals surface area contributed by atoms with Crippen molar-refractivity contribution in [1.82, 2.24) is 4.90 Å². The second-order valence-electron chi connectivity index (χ2n) is 5.28. The van der Waals surface area contributed by atoms with Crippen LogP contribution < -0.4 is 0 Å². The van der Waals surface area contributed by atoms with Crippen LogP contribution >= 0.6 is 11.3 Å². The van der Waals surface area contributed by atoms with Crippen LogP contribution in [-0.2, 0) is 0 Å². The number of hydrogen-bond donors (Lipinski definition) is 0. The molecule has 0 saturated carbocycles. The Labute approximate surface area is 129 Å². The minimum absolute atomic E-state index is 0.106. The summed E-state index contributed by atoms with van der Waals surface area (Å²) in [5.41, 5.74) is 2.19. The number of nitrogens with zero attached hydrogens (tertiary/aromatic N) is 1. The first-order valence-corrected chi connectivity index (χ1v) is 8.32. The minimum atomic E-state index is 0.106. The summed E-state index contributed by atoms with van der Waals surface area (Å²) in [5, 5.41) is 1.95. The number of benzene rings is 1. The number of piperidine rings is 1. The van der Waals surface area contributed by atoms with Crippen LogP contribution in [-0.4, -0.2) is 23.8 Å². The molecule has 0 unspecified atom stereocenters. The van der Waals surface area contributed by atoms with Crippen LogP contribution in [0, 0.1) is 0 Å². The van der Waals surface area contributed by atoms with E-state index in [2.05, 4.69) is 17.0 Å². The predicted octanol–water partition coefficient (Wildman–Crippen LogP) is 4.46. The van der Waals surface area contributed by atoms with Gasteiger partial charge in [0.25, 0.3) is 0 Å². The lowest BCUT2D eigenvalue weighted by atomic mass is 10.0. The van der Waals surface area contributed by atoms with E-state index >= 15 is 0 Å². The Bertz CT molecular complexity index is 610. The van der Waals surface area contributed by atoms with Crippen LogP contribution in [0.2, 0.25) is 0 Å². The van der Waals surface area contributed by atoms with Crippen LogP contribution in [0.15, 0.2) is 53.9 Å². The second-order valence-corrected chi connectivity index (χ2v) is 6.23. The number of likely N-dealkylation sites (tertiary alicyclic amines) is 1. The summed E-state index contributed by atoms with van der Waals surface area (Å²) < 4.78 is 0. The van der Waals surface area contributed by atoms with Crippen molar-refractivity contribution in [3.05, 3.63) is 64.4 Å². The van der Waals surface area contributed by atoms with Gasteiger partial charge < -0.3 is 4.90 Å². The molecule has 0 atom stereocenters. The number of rotatable bonds is 4. The maximum absolute atomic E-state index is 12.4. The van der Waals surface area contributed by atoms with Crippen LogP contribution in [0.25, 0.3) is 5.70 Å². The molecular weight excluding hydrogens is 278 g/mol. The van der Waals surface area contributed by atoms with Gasteiger partial charge in [0.2, 0.25) is 0 Å². The lowest BCUT2D eigenvalue weighted by molar-refractivity contribution is 0.104. The van der Waals surface area contributed by atoms with Gasteiger partial charge in [-0.25, -0.2) is 0 Å². The smallest absolute Gasteiger partial charge is 0.197 e. The van der Waals surface area contributed by atoms with Gasteiger partial charge in [-0.3, -0.25) is 4.79 Å². The molecule has 0 spiro atoms. The SMILES string of the molecule is O=C(/C=C(/c1ccccc1)N1CCCCC1)c1cccs1. The third-order valence-corrected chi connectivity index (χ3v) is 4.68. The molecule has 1 aromatic carbocycles. The summed E-state index contributed by atoms with van der Waals surface area (Å²) in [6, 6.07) is 14.1.